The molecule has 0 spiro atoms. The third-order valence-corrected chi connectivity index (χ3v) is 1.54. The fraction of sp³-hybridized carbons (Fsp3) is 0.933. The van der Waals surface area contributed by atoms with Crippen LogP contribution in [0.2, 0.25) is 0 Å². The van der Waals surface area contributed by atoms with Crippen LogP contribution in [0.4, 0.5) is 0 Å². The average molecular weight is 313 g/mol. The van der Waals surface area contributed by atoms with Gasteiger partial charge >= 0.3 is 0 Å². The van der Waals surface area contributed by atoms with E-state index in [9.17, 15) is 0 Å². The van der Waals surface area contributed by atoms with E-state index in [1.807, 2.05) is 20.3 Å². The summed E-state index contributed by atoms with van der Waals surface area (Å²) >= 11 is 0. The molecule has 0 amide bonds. The van der Waals surface area contributed by atoms with Crippen molar-refractivity contribution in [2.45, 2.75) is 73.1 Å². The van der Waals surface area contributed by atoms with E-state index in [-0.39, 0.29) is 21.7 Å². The summed E-state index contributed by atoms with van der Waals surface area (Å²) in [7, 11) is 0. The van der Waals surface area contributed by atoms with Gasteiger partial charge in [-0.1, -0.05) is 40.0 Å². The molecular weight excluding hydrogens is 276 g/mol. The van der Waals surface area contributed by atoms with Gasteiger partial charge in [-0.3, -0.25) is 0 Å². The first-order valence-corrected chi connectivity index (χ1v) is 7.22. The molecule has 0 aromatic heterocycles. The van der Waals surface area contributed by atoms with Crippen molar-refractivity contribution in [1.29, 1.82) is 0 Å². The fourth-order valence-electron chi connectivity index (χ4n) is 0.474. The van der Waals surface area contributed by atoms with Crippen LogP contribution in [0.1, 0.15) is 73.1 Å². The molecule has 0 bridgehead atoms. The first-order chi connectivity index (χ1) is 8.66. The van der Waals surface area contributed by atoms with Crippen LogP contribution in [0.25, 0.3) is 0 Å². The van der Waals surface area contributed by atoms with E-state index in [2.05, 4.69) is 20.8 Å². The Labute approximate surface area is 136 Å². The molecule has 0 fully saturated rings. The van der Waals surface area contributed by atoms with Gasteiger partial charge < -0.3 is 21.7 Å². The van der Waals surface area contributed by atoms with Gasteiger partial charge in [0.15, 0.2) is 0 Å². The van der Waals surface area contributed by atoms with Crippen molar-refractivity contribution in [1.82, 2.24) is 0 Å². The van der Waals surface area contributed by atoms with E-state index in [1.54, 1.807) is 0 Å². The molecule has 19 heavy (non-hydrogen) atoms. The Kier molecular flexibility index (Phi) is 85.9. The summed E-state index contributed by atoms with van der Waals surface area (Å²) in [5, 5.41) is 24.2. The number of aliphatic hydroxyl groups excluding tert-OH is 3. The molecule has 0 saturated heterocycles. The minimum absolute atomic E-state index is 0. The standard InChI is InChI=1S/3C4H10O.C3H7.Ti/c3*1-2-3-4-5;1-3-2;/h3*5H,2-4H2,1H3;3H,1-2H3;/q;;;-1;. The Morgan fingerprint density at radius 2 is 0.789 bits per heavy atom. The summed E-state index contributed by atoms with van der Waals surface area (Å²) in [4.78, 5) is 0. The molecule has 0 aromatic rings. The Morgan fingerprint density at radius 1 is 0.632 bits per heavy atom. The maximum atomic E-state index is 8.07. The number of unbranched alkanes of at least 4 members (excludes halogenated alkanes) is 3. The predicted molar refractivity (Wildman–Crippen MR) is 81.6 cm³/mol. The van der Waals surface area contributed by atoms with Gasteiger partial charge in [0.25, 0.3) is 0 Å². The molecular formula is C15H37O3Ti-. The maximum Gasteiger partial charge on any atom is 0.0430 e. The van der Waals surface area contributed by atoms with Crippen LogP contribution in [0.5, 0.6) is 0 Å². The number of aliphatic hydroxyl groups is 3. The minimum atomic E-state index is 0. The normalized spacial score (nSPS) is 7.58. The molecule has 0 aliphatic rings. The Balaban J connectivity index is -0.0000000458. The summed E-state index contributed by atoms with van der Waals surface area (Å²) in [6.07, 6.45) is 8.11. The molecule has 0 aliphatic heterocycles. The van der Waals surface area contributed by atoms with Crippen LogP contribution < -0.4 is 0 Å². The van der Waals surface area contributed by atoms with E-state index in [4.69, 9.17) is 15.3 Å². The summed E-state index contributed by atoms with van der Waals surface area (Å²) in [6, 6.07) is 0. The SMILES string of the molecule is CCCCO.CCCCO.CCCCO.C[CH-]C.[Ti]. The zero-order valence-electron chi connectivity index (χ0n) is 13.8. The van der Waals surface area contributed by atoms with E-state index in [1.165, 1.54) is 0 Å². The van der Waals surface area contributed by atoms with E-state index in [0.29, 0.717) is 19.8 Å². The Hall–Kier alpha value is 0.594. The molecule has 0 aliphatic carbocycles. The number of hydrogen-bond donors (Lipinski definition) is 3. The molecule has 3 N–H and O–H groups in total. The summed E-state index contributed by atoms with van der Waals surface area (Å²) in [5.41, 5.74) is 0. The molecule has 0 rings (SSSR count). The van der Waals surface area contributed by atoms with Gasteiger partial charge in [0.05, 0.1) is 0 Å². The zero-order valence-corrected chi connectivity index (χ0v) is 15.3. The van der Waals surface area contributed by atoms with Crippen molar-refractivity contribution in [2.24, 2.45) is 0 Å². The zero-order chi connectivity index (χ0) is 15.1. The molecule has 0 aromatic carbocycles. The summed E-state index contributed by atoms with van der Waals surface area (Å²) < 4.78 is 0. The van der Waals surface area contributed by atoms with Gasteiger partial charge in [-0.2, -0.15) is 13.8 Å². The van der Waals surface area contributed by atoms with Crippen LogP contribution >= 0.6 is 0 Å². The molecule has 0 heterocycles. The molecule has 4 heteroatoms. The predicted octanol–water partition coefficient (Wildman–Crippen LogP) is 3.56. The quantitative estimate of drug-likeness (QED) is 0.519. The summed E-state index contributed by atoms with van der Waals surface area (Å²) in [5.74, 6) is 0. The van der Waals surface area contributed by atoms with Gasteiger partial charge in [-0.05, 0) is 19.3 Å². The van der Waals surface area contributed by atoms with Gasteiger partial charge in [0, 0.05) is 41.5 Å². The largest absolute Gasteiger partial charge is 0.396 e. The first-order valence-electron chi connectivity index (χ1n) is 7.22. The van der Waals surface area contributed by atoms with Crippen LogP contribution in [0.15, 0.2) is 0 Å². The van der Waals surface area contributed by atoms with Gasteiger partial charge in [0.1, 0.15) is 0 Å². The van der Waals surface area contributed by atoms with E-state index < -0.39 is 0 Å². The van der Waals surface area contributed by atoms with Crippen molar-refractivity contribution < 1.29 is 37.0 Å². The number of hydrogen-bond acceptors (Lipinski definition) is 3. The molecule has 120 valence electrons. The van der Waals surface area contributed by atoms with E-state index in [0.717, 1.165) is 38.5 Å². The van der Waals surface area contributed by atoms with E-state index >= 15 is 0 Å². The third-order valence-electron chi connectivity index (χ3n) is 1.54. The smallest absolute Gasteiger partial charge is 0.0430 e. The Morgan fingerprint density at radius 3 is 0.789 bits per heavy atom. The van der Waals surface area contributed by atoms with Crippen LogP contribution in [0, 0.1) is 6.42 Å². The monoisotopic (exact) mass is 313 g/mol. The Bertz CT molecular complexity index is 63.5. The first kappa shape index (κ1) is 31.8. The molecule has 0 unspecified atom stereocenters. The van der Waals surface area contributed by atoms with Crippen LogP contribution in [-0.4, -0.2) is 35.1 Å². The average Bonchev–Trinajstić information content (AvgIpc) is 2.35. The number of rotatable bonds is 6. The van der Waals surface area contributed by atoms with Gasteiger partial charge in [-0.25, -0.2) is 0 Å². The second kappa shape index (κ2) is 51.3. The summed E-state index contributed by atoms with van der Waals surface area (Å²) in [6.45, 7) is 11.2. The maximum absolute atomic E-state index is 8.07. The molecule has 3 nitrogen and oxygen atoms in total. The third kappa shape index (κ3) is 118. The van der Waals surface area contributed by atoms with Crippen molar-refractivity contribution in [3.05, 3.63) is 6.42 Å². The molecule has 0 radical (unpaired) electrons. The van der Waals surface area contributed by atoms with Crippen molar-refractivity contribution in [3.8, 4) is 0 Å². The topological polar surface area (TPSA) is 60.7 Å². The van der Waals surface area contributed by atoms with Crippen LogP contribution in [0.3, 0.4) is 0 Å². The fourth-order valence-corrected chi connectivity index (χ4v) is 0.474. The van der Waals surface area contributed by atoms with Crippen molar-refractivity contribution in [3.63, 3.8) is 0 Å². The second-order valence-electron chi connectivity index (χ2n) is 3.81. The second-order valence-corrected chi connectivity index (χ2v) is 3.81. The molecule has 0 saturated carbocycles. The molecule has 0 atom stereocenters. The van der Waals surface area contributed by atoms with Crippen LogP contribution in [-0.2, 0) is 21.7 Å². The van der Waals surface area contributed by atoms with Gasteiger partial charge in [0.2, 0.25) is 0 Å². The van der Waals surface area contributed by atoms with Crippen molar-refractivity contribution >= 4 is 0 Å². The minimum Gasteiger partial charge on any atom is -0.396 e. The van der Waals surface area contributed by atoms with Crippen molar-refractivity contribution in [2.75, 3.05) is 19.8 Å². The van der Waals surface area contributed by atoms with Gasteiger partial charge in [-0.15, -0.1) is 0 Å².